The molecule has 1 aliphatic heterocycles. The van der Waals surface area contributed by atoms with Crippen LogP contribution in [0.2, 0.25) is 0 Å². The third-order valence-corrected chi connectivity index (χ3v) is 2.04. The van der Waals surface area contributed by atoms with Gasteiger partial charge < -0.3 is 22.2 Å². The minimum atomic E-state index is -6.00. The number of halogens is 4. The highest BCUT2D eigenvalue weighted by molar-refractivity contribution is 6.50. The lowest BCUT2D eigenvalue weighted by Gasteiger charge is -2.20. The molecule has 6 heteroatoms. The van der Waals surface area contributed by atoms with Crippen LogP contribution in [0.15, 0.2) is 11.8 Å². The van der Waals surface area contributed by atoms with Gasteiger partial charge in [0.15, 0.2) is 0 Å². The quantitative estimate of drug-likeness (QED) is 0.523. The minimum Gasteiger partial charge on any atom is -0.418 e. The molecule has 0 saturated heterocycles. The molecule has 0 bridgehead atoms. The molecule has 0 saturated carbocycles. The zero-order valence-corrected chi connectivity index (χ0v) is 9.15. The van der Waals surface area contributed by atoms with E-state index in [9.17, 15) is 17.3 Å². The van der Waals surface area contributed by atoms with Crippen molar-refractivity contribution in [3.05, 3.63) is 11.8 Å². The summed E-state index contributed by atoms with van der Waals surface area (Å²) in [7, 11) is -6.00. The number of rotatable bonds is 3. The van der Waals surface area contributed by atoms with E-state index < -0.39 is 7.25 Å². The van der Waals surface area contributed by atoms with Crippen molar-refractivity contribution >= 4 is 7.25 Å². The van der Waals surface area contributed by atoms with Gasteiger partial charge in [0.05, 0.1) is 0 Å². The molecule has 1 nitrogen and oxygen atoms in total. The molecular weight excluding hydrogens is 209 g/mol. The molecule has 1 aliphatic rings. The molecule has 0 aromatic carbocycles. The summed E-state index contributed by atoms with van der Waals surface area (Å²) in [6.45, 7) is 6.99. The summed E-state index contributed by atoms with van der Waals surface area (Å²) in [5, 5.41) is 0. The van der Waals surface area contributed by atoms with Crippen LogP contribution < -0.4 is 0 Å². The maximum absolute atomic E-state index is 9.75. The first kappa shape index (κ1) is 14.3. The van der Waals surface area contributed by atoms with E-state index in [1.165, 1.54) is 32.4 Å². The Labute approximate surface area is 88.2 Å². The van der Waals surface area contributed by atoms with Gasteiger partial charge in [-0.1, -0.05) is 19.9 Å². The van der Waals surface area contributed by atoms with Crippen molar-refractivity contribution < 1.29 is 17.3 Å². The molecule has 0 aromatic rings. The second kappa shape index (κ2) is 6.74. The van der Waals surface area contributed by atoms with Crippen molar-refractivity contribution in [2.24, 2.45) is 0 Å². The Morgan fingerprint density at radius 3 is 2.20 bits per heavy atom. The average Bonchev–Trinajstić information content (AvgIpc) is 2.49. The lowest BCUT2D eigenvalue weighted by molar-refractivity contribution is 0.367. The Balaban J connectivity index is 0.000000336. The van der Waals surface area contributed by atoms with Crippen LogP contribution in [0.3, 0.4) is 0 Å². The molecule has 0 radical (unpaired) electrons. The number of hydrogen-bond donors (Lipinski definition) is 0. The van der Waals surface area contributed by atoms with Gasteiger partial charge in [0.1, 0.15) is 0 Å². The predicted octanol–water partition coefficient (Wildman–Crippen LogP) is 3.70. The Bertz CT molecular complexity index is 197. The minimum absolute atomic E-state index is 1.21. The smallest absolute Gasteiger partial charge is 0.418 e. The van der Waals surface area contributed by atoms with Crippen molar-refractivity contribution in [3.63, 3.8) is 0 Å². The fraction of sp³-hybridized carbons (Fsp3) is 0.778. The Morgan fingerprint density at radius 1 is 1.27 bits per heavy atom. The van der Waals surface area contributed by atoms with Crippen LogP contribution >= 0.6 is 0 Å². The third kappa shape index (κ3) is 8.33. The highest BCUT2D eigenvalue weighted by Gasteiger charge is 2.20. The number of hydrogen-bond acceptors (Lipinski definition) is 1. The molecule has 0 spiro atoms. The van der Waals surface area contributed by atoms with Gasteiger partial charge in [-0.3, -0.25) is 0 Å². The highest BCUT2D eigenvalue weighted by atomic mass is 19.5. The lowest BCUT2D eigenvalue weighted by Crippen LogP contribution is -2.19. The number of allylic oxidation sites excluding steroid dienone is 1. The summed E-state index contributed by atoms with van der Waals surface area (Å²) in [6, 6.07) is 0. The van der Waals surface area contributed by atoms with Crippen LogP contribution in [0.4, 0.5) is 17.3 Å². The largest absolute Gasteiger partial charge is 0.673 e. The summed E-state index contributed by atoms with van der Waals surface area (Å²) in [6.07, 6.45) is 6.12. The van der Waals surface area contributed by atoms with Gasteiger partial charge in [0.2, 0.25) is 0 Å². The molecule has 90 valence electrons. The summed E-state index contributed by atoms with van der Waals surface area (Å²) < 4.78 is 39.0. The molecule has 15 heavy (non-hydrogen) atoms. The second-order valence-corrected chi connectivity index (χ2v) is 3.32. The summed E-state index contributed by atoms with van der Waals surface area (Å²) in [4.78, 5) is 2.50. The van der Waals surface area contributed by atoms with Gasteiger partial charge in [-0.15, -0.1) is 0 Å². The van der Waals surface area contributed by atoms with Gasteiger partial charge in [-0.2, -0.15) is 0 Å². The number of nitrogens with zero attached hydrogens (tertiary/aromatic N) is 1. The van der Waals surface area contributed by atoms with Crippen molar-refractivity contribution in [2.45, 2.75) is 33.1 Å². The van der Waals surface area contributed by atoms with E-state index in [0.29, 0.717) is 0 Å². The van der Waals surface area contributed by atoms with Gasteiger partial charge in [-0.25, -0.2) is 0 Å². The monoisotopic (exact) mass is 226 g/mol. The molecule has 0 amide bonds. The second-order valence-electron chi connectivity index (χ2n) is 3.32. The van der Waals surface area contributed by atoms with Crippen LogP contribution in [-0.2, 0) is 0 Å². The van der Waals surface area contributed by atoms with Gasteiger partial charge in [0.25, 0.3) is 0 Å². The van der Waals surface area contributed by atoms with Gasteiger partial charge >= 0.3 is 7.25 Å². The first-order valence-electron chi connectivity index (χ1n) is 5.19. The van der Waals surface area contributed by atoms with Crippen molar-refractivity contribution in [3.8, 4) is 0 Å². The molecule has 0 fully saturated rings. The van der Waals surface area contributed by atoms with E-state index >= 15 is 0 Å². The van der Waals surface area contributed by atoms with Crippen molar-refractivity contribution in [2.75, 3.05) is 13.1 Å². The van der Waals surface area contributed by atoms with Crippen LogP contribution in [0.5, 0.6) is 0 Å². The zero-order chi connectivity index (χ0) is 11.9. The van der Waals surface area contributed by atoms with Crippen LogP contribution in [0.25, 0.3) is 0 Å². The Kier molecular flexibility index (Phi) is 6.44. The highest BCUT2D eigenvalue weighted by Crippen LogP contribution is 2.17. The molecule has 0 aliphatic carbocycles. The molecule has 0 unspecified atom stereocenters. The zero-order valence-electron chi connectivity index (χ0n) is 9.15. The van der Waals surface area contributed by atoms with E-state index in [2.05, 4.69) is 24.8 Å². The fourth-order valence-corrected chi connectivity index (χ4v) is 1.55. The Morgan fingerprint density at radius 2 is 1.80 bits per heavy atom. The van der Waals surface area contributed by atoms with E-state index in [-0.39, 0.29) is 0 Å². The van der Waals surface area contributed by atoms with E-state index in [4.69, 9.17) is 0 Å². The molecule has 1 heterocycles. The van der Waals surface area contributed by atoms with E-state index in [0.717, 1.165) is 0 Å². The average molecular weight is 226 g/mol. The predicted molar refractivity (Wildman–Crippen MR) is 55.0 cm³/mol. The van der Waals surface area contributed by atoms with E-state index in [1.54, 1.807) is 5.70 Å². The maximum atomic E-state index is 9.75. The molecule has 0 N–H and O–H groups in total. The first-order chi connectivity index (χ1) is 6.88. The van der Waals surface area contributed by atoms with E-state index in [1.807, 2.05) is 0 Å². The third-order valence-electron chi connectivity index (χ3n) is 2.04. The summed E-state index contributed by atoms with van der Waals surface area (Å²) >= 11 is 0. The van der Waals surface area contributed by atoms with Crippen LogP contribution in [0, 0.1) is 0 Å². The van der Waals surface area contributed by atoms with Crippen LogP contribution in [0.1, 0.15) is 33.1 Å². The molecular formula is C9H17BF4N-. The maximum Gasteiger partial charge on any atom is 0.673 e. The normalized spacial score (nSPS) is 15.9. The van der Waals surface area contributed by atoms with Crippen molar-refractivity contribution in [1.82, 2.24) is 4.90 Å². The summed E-state index contributed by atoms with van der Waals surface area (Å²) in [5.74, 6) is 0. The standard InChI is InChI=1S/C9H17N.BF4/c1-3-7-10-8-5-6-9(10)4-2;2-1(3,4)5/h6H,3-5,7-8H2,1-2H3;/q;-1. The summed E-state index contributed by atoms with van der Waals surface area (Å²) in [5.41, 5.74) is 1.56. The van der Waals surface area contributed by atoms with Crippen LogP contribution in [-0.4, -0.2) is 25.2 Å². The first-order valence-corrected chi connectivity index (χ1v) is 5.19. The van der Waals surface area contributed by atoms with Crippen molar-refractivity contribution in [1.29, 1.82) is 0 Å². The molecule has 0 atom stereocenters. The lowest BCUT2D eigenvalue weighted by atomic mass is 10.3. The topological polar surface area (TPSA) is 3.24 Å². The Hall–Kier alpha value is -0.675. The van der Waals surface area contributed by atoms with Gasteiger partial charge in [-0.05, 0) is 19.3 Å². The SMILES string of the molecule is CCCN1CCC=C1CC.F[B-](F)(F)F. The van der Waals surface area contributed by atoms with Gasteiger partial charge in [0, 0.05) is 18.8 Å². The molecule has 0 aromatic heterocycles. The molecule has 1 rings (SSSR count). The fourth-order valence-electron chi connectivity index (χ4n) is 1.55.